The van der Waals surface area contributed by atoms with Crippen molar-refractivity contribution in [2.24, 2.45) is 23.5 Å². The summed E-state index contributed by atoms with van der Waals surface area (Å²) in [4.78, 5) is 12.5. The number of nitrogens with two attached hydrogens (primary N) is 1. The average molecular weight is 266 g/mol. The van der Waals surface area contributed by atoms with Crippen LogP contribution in [0.3, 0.4) is 0 Å². The number of rotatable bonds is 3. The maximum absolute atomic E-state index is 12.5. The fourth-order valence-corrected chi connectivity index (χ4v) is 3.91. The molecule has 0 aliphatic heterocycles. The molecule has 0 saturated heterocycles. The molecule has 2 aliphatic carbocycles. The van der Waals surface area contributed by atoms with Crippen molar-refractivity contribution >= 4 is 5.91 Å². The first-order valence-electron chi connectivity index (χ1n) is 8.02. The standard InChI is InChI=1S/C16H30N2O/c1-11(2)13-7-6-12(3)10-14(13)18-15(19)16(17)8-4-5-9-16/h11-14H,4-10,17H2,1-3H3,(H,18,19). The van der Waals surface area contributed by atoms with Crippen molar-refractivity contribution in [2.45, 2.75) is 77.3 Å². The van der Waals surface area contributed by atoms with Gasteiger partial charge in [-0.3, -0.25) is 4.79 Å². The highest BCUT2D eigenvalue weighted by atomic mass is 16.2. The molecule has 2 saturated carbocycles. The van der Waals surface area contributed by atoms with Crippen molar-refractivity contribution < 1.29 is 4.79 Å². The largest absolute Gasteiger partial charge is 0.351 e. The molecule has 3 heteroatoms. The lowest BCUT2D eigenvalue weighted by Gasteiger charge is -2.39. The highest BCUT2D eigenvalue weighted by Crippen LogP contribution is 2.34. The van der Waals surface area contributed by atoms with Crippen LogP contribution in [0.4, 0.5) is 0 Å². The lowest BCUT2D eigenvalue weighted by molar-refractivity contribution is -0.127. The van der Waals surface area contributed by atoms with Crippen LogP contribution < -0.4 is 11.1 Å². The predicted octanol–water partition coefficient (Wildman–Crippen LogP) is 2.83. The molecule has 0 aromatic rings. The van der Waals surface area contributed by atoms with Crippen molar-refractivity contribution in [3.05, 3.63) is 0 Å². The zero-order valence-corrected chi connectivity index (χ0v) is 12.7. The molecule has 19 heavy (non-hydrogen) atoms. The normalized spacial score (nSPS) is 34.5. The second-order valence-corrected chi connectivity index (χ2v) is 7.27. The summed E-state index contributed by atoms with van der Waals surface area (Å²) in [6.07, 6.45) is 7.55. The molecule has 2 rings (SSSR count). The van der Waals surface area contributed by atoms with Gasteiger partial charge in [-0.1, -0.05) is 40.0 Å². The van der Waals surface area contributed by atoms with Crippen LogP contribution in [-0.2, 0) is 4.79 Å². The van der Waals surface area contributed by atoms with E-state index in [1.807, 2.05) is 0 Å². The quantitative estimate of drug-likeness (QED) is 0.825. The number of amides is 1. The van der Waals surface area contributed by atoms with Gasteiger partial charge in [-0.05, 0) is 43.4 Å². The summed E-state index contributed by atoms with van der Waals surface area (Å²) in [5, 5.41) is 3.30. The van der Waals surface area contributed by atoms with E-state index < -0.39 is 5.54 Å². The van der Waals surface area contributed by atoms with Crippen LogP contribution in [0.1, 0.15) is 65.7 Å². The average Bonchev–Trinajstić information content (AvgIpc) is 2.77. The summed E-state index contributed by atoms with van der Waals surface area (Å²) in [6, 6.07) is 0.331. The molecule has 0 radical (unpaired) electrons. The van der Waals surface area contributed by atoms with E-state index in [2.05, 4.69) is 26.1 Å². The van der Waals surface area contributed by atoms with Crippen molar-refractivity contribution in [1.29, 1.82) is 0 Å². The van der Waals surface area contributed by atoms with Gasteiger partial charge in [0.15, 0.2) is 0 Å². The van der Waals surface area contributed by atoms with E-state index in [9.17, 15) is 4.79 Å². The molecule has 3 nitrogen and oxygen atoms in total. The molecule has 2 fully saturated rings. The van der Waals surface area contributed by atoms with Gasteiger partial charge in [-0.2, -0.15) is 0 Å². The molecule has 3 N–H and O–H groups in total. The third-order valence-electron chi connectivity index (χ3n) is 5.29. The number of nitrogens with one attached hydrogen (secondary N) is 1. The summed E-state index contributed by atoms with van der Waals surface area (Å²) in [5.41, 5.74) is 5.68. The van der Waals surface area contributed by atoms with E-state index in [0.717, 1.165) is 38.0 Å². The lowest BCUT2D eigenvalue weighted by atomic mass is 9.73. The summed E-state index contributed by atoms with van der Waals surface area (Å²) < 4.78 is 0. The van der Waals surface area contributed by atoms with E-state index >= 15 is 0 Å². The van der Waals surface area contributed by atoms with Crippen LogP contribution >= 0.6 is 0 Å². The SMILES string of the molecule is CC1CCC(C(C)C)C(NC(=O)C2(N)CCCC2)C1. The molecule has 0 spiro atoms. The predicted molar refractivity (Wildman–Crippen MR) is 78.7 cm³/mol. The Balaban J connectivity index is 2.00. The van der Waals surface area contributed by atoms with Crippen LogP contribution in [-0.4, -0.2) is 17.5 Å². The van der Waals surface area contributed by atoms with Gasteiger partial charge in [0.25, 0.3) is 0 Å². The summed E-state index contributed by atoms with van der Waals surface area (Å²) in [7, 11) is 0. The fraction of sp³-hybridized carbons (Fsp3) is 0.938. The van der Waals surface area contributed by atoms with E-state index in [1.165, 1.54) is 12.8 Å². The maximum Gasteiger partial charge on any atom is 0.240 e. The Morgan fingerprint density at radius 3 is 2.47 bits per heavy atom. The first-order valence-corrected chi connectivity index (χ1v) is 8.02. The second-order valence-electron chi connectivity index (χ2n) is 7.27. The molecule has 1 amide bonds. The maximum atomic E-state index is 12.5. The Morgan fingerprint density at radius 1 is 1.26 bits per heavy atom. The number of carbonyl (C=O) groups excluding carboxylic acids is 1. The Labute approximate surface area is 117 Å². The third-order valence-corrected chi connectivity index (χ3v) is 5.29. The van der Waals surface area contributed by atoms with E-state index in [-0.39, 0.29) is 5.91 Å². The van der Waals surface area contributed by atoms with Crippen LogP contribution in [0.25, 0.3) is 0 Å². The van der Waals surface area contributed by atoms with Gasteiger partial charge < -0.3 is 11.1 Å². The van der Waals surface area contributed by atoms with Crippen molar-refractivity contribution in [2.75, 3.05) is 0 Å². The minimum Gasteiger partial charge on any atom is -0.351 e. The molecule has 0 heterocycles. The lowest BCUT2D eigenvalue weighted by Crippen LogP contribution is -2.57. The highest BCUT2D eigenvalue weighted by molar-refractivity contribution is 5.86. The molecule has 0 aromatic heterocycles. The molecule has 3 unspecified atom stereocenters. The first kappa shape index (κ1) is 14.8. The van der Waals surface area contributed by atoms with Crippen LogP contribution in [0, 0.1) is 17.8 Å². The molecule has 0 bridgehead atoms. The molecular formula is C16H30N2O. The molecular weight excluding hydrogens is 236 g/mol. The Kier molecular flexibility index (Phi) is 4.54. The van der Waals surface area contributed by atoms with Gasteiger partial charge in [-0.15, -0.1) is 0 Å². The molecule has 0 aromatic carbocycles. The summed E-state index contributed by atoms with van der Waals surface area (Å²) >= 11 is 0. The smallest absolute Gasteiger partial charge is 0.240 e. The minimum atomic E-state index is -0.581. The minimum absolute atomic E-state index is 0.106. The van der Waals surface area contributed by atoms with Gasteiger partial charge in [0.05, 0.1) is 5.54 Å². The topological polar surface area (TPSA) is 55.1 Å². The number of hydrogen-bond donors (Lipinski definition) is 2. The van der Waals surface area contributed by atoms with E-state index in [4.69, 9.17) is 5.73 Å². The van der Waals surface area contributed by atoms with Crippen LogP contribution in [0.2, 0.25) is 0 Å². The number of hydrogen-bond acceptors (Lipinski definition) is 2. The second kappa shape index (κ2) is 5.82. The fourth-order valence-electron chi connectivity index (χ4n) is 3.91. The van der Waals surface area contributed by atoms with Gasteiger partial charge in [0, 0.05) is 6.04 Å². The van der Waals surface area contributed by atoms with E-state index in [0.29, 0.717) is 17.9 Å². The monoisotopic (exact) mass is 266 g/mol. The van der Waals surface area contributed by atoms with Crippen molar-refractivity contribution in [3.63, 3.8) is 0 Å². The van der Waals surface area contributed by atoms with Crippen LogP contribution in [0.15, 0.2) is 0 Å². The van der Waals surface area contributed by atoms with Gasteiger partial charge in [0.1, 0.15) is 0 Å². The van der Waals surface area contributed by atoms with Crippen LogP contribution in [0.5, 0.6) is 0 Å². The Hall–Kier alpha value is -0.570. The Morgan fingerprint density at radius 2 is 1.89 bits per heavy atom. The van der Waals surface area contributed by atoms with E-state index in [1.54, 1.807) is 0 Å². The molecule has 3 atom stereocenters. The van der Waals surface area contributed by atoms with Crippen molar-refractivity contribution in [3.8, 4) is 0 Å². The summed E-state index contributed by atoms with van der Waals surface area (Å²) in [6.45, 7) is 6.84. The number of carbonyl (C=O) groups is 1. The third kappa shape index (κ3) is 3.31. The molecule has 2 aliphatic rings. The molecule has 110 valence electrons. The van der Waals surface area contributed by atoms with Crippen molar-refractivity contribution in [1.82, 2.24) is 5.32 Å². The zero-order valence-electron chi connectivity index (χ0n) is 12.7. The highest BCUT2D eigenvalue weighted by Gasteiger charge is 2.40. The first-order chi connectivity index (χ1) is 8.92. The summed E-state index contributed by atoms with van der Waals surface area (Å²) in [5.74, 6) is 2.08. The van der Waals surface area contributed by atoms with Gasteiger partial charge in [0.2, 0.25) is 5.91 Å². The van der Waals surface area contributed by atoms with Gasteiger partial charge in [-0.25, -0.2) is 0 Å². The zero-order chi connectivity index (χ0) is 14.0. The Bertz CT molecular complexity index is 321. The van der Waals surface area contributed by atoms with Gasteiger partial charge >= 0.3 is 0 Å².